The van der Waals surface area contributed by atoms with Gasteiger partial charge in [0, 0.05) is 16.1 Å². The molecule has 0 saturated carbocycles. The first-order chi connectivity index (χ1) is 17.9. The Balaban J connectivity index is 1.77. The number of fused-ring (bicyclic) bond motifs is 1. The fraction of sp³-hybridized carbons (Fsp3) is 0.148. The van der Waals surface area contributed by atoms with Crippen LogP contribution in [0.2, 0.25) is 5.02 Å². The number of carbonyl (C=O) groups is 2. The summed E-state index contributed by atoms with van der Waals surface area (Å²) < 4.78 is 17.1. The van der Waals surface area contributed by atoms with E-state index in [1.54, 1.807) is 61.7 Å². The van der Waals surface area contributed by atoms with Crippen LogP contribution in [0, 0.1) is 0 Å². The number of methoxy groups -OCH3 is 3. The molecule has 1 amide bonds. The van der Waals surface area contributed by atoms with E-state index in [9.17, 15) is 14.7 Å². The minimum atomic E-state index is -1.04. The van der Waals surface area contributed by atoms with Gasteiger partial charge in [-0.25, -0.2) is 4.98 Å². The van der Waals surface area contributed by atoms with Crippen LogP contribution in [-0.4, -0.2) is 43.1 Å². The molecule has 5 rings (SSSR count). The van der Waals surface area contributed by atoms with Crippen LogP contribution in [0.4, 0.5) is 5.13 Å². The van der Waals surface area contributed by atoms with Gasteiger partial charge in [0.2, 0.25) is 0 Å². The number of hydrogen-bond acceptors (Lipinski definition) is 8. The number of halogens is 1. The molecule has 1 fully saturated rings. The maximum atomic E-state index is 13.5. The second kappa shape index (κ2) is 9.76. The third kappa shape index (κ3) is 4.26. The number of aromatic nitrogens is 1. The number of thiazole rings is 1. The van der Waals surface area contributed by atoms with Crippen LogP contribution in [0.25, 0.3) is 16.0 Å². The zero-order valence-corrected chi connectivity index (χ0v) is 21.6. The number of hydrogen-bond donors (Lipinski definition) is 1. The Kier molecular flexibility index (Phi) is 6.49. The Bertz CT molecular complexity index is 1560. The van der Waals surface area contributed by atoms with Crippen molar-refractivity contribution < 1.29 is 28.9 Å². The summed E-state index contributed by atoms with van der Waals surface area (Å²) in [4.78, 5) is 32.9. The van der Waals surface area contributed by atoms with Crippen molar-refractivity contribution in [2.45, 2.75) is 6.04 Å². The van der Waals surface area contributed by atoms with Crippen molar-refractivity contribution in [3.8, 4) is 17.2 Å². The lowest BCUT2D eigenvalue weighted by Gasteiger charge is -2.25. The Labute approximate surface area is 221 Å². The molecule has 1 atom stereocenters. The van der Waals surface area contributed by atoms with Crippen LogP contribution < -0.4 is 19.1 Å². The number of amides is 1. The predicted octanol–water partition coefficient (Wildman–Crippen LogP) is 5.60. The van der Waals surface area contributed by atoms with Crippen LogP contribution in [-0.2, 0) is 9.59 Å². The first-order valence-electron chi connectivity index (χ1n) is 11.1. The number of Topliss-reactive ketones (excluding diaryl/α,β-unsaturated/α-hetero) is 1. The Morgan fingerprint density at radius 3 is 2.30 bits per heavy atom. The summed E-state index contributed by atoms with van der Waals surface area (Å²) >= 11 is 7.25. The van der Waals surface area contributed by atoms with Gasteiger partial charge in [-0.15, -0.1) is 0 Å². The van der Waals surface area contributed by atoms with Crippen molar-refractivity contribution in [1.82, 2.24) is 4.98 Å². The Morgan fingerprint density at radius 2 is 1.62 bits per heavy atom. The van der Waals surface area contributed by atoms with Gasteiger partial charge in [0.05, 0.1) is 37.1 Å². The van der Waals surface area contributed by atoms with Crippen LogP contribution in [0.3, 0.4) is 0 Å². The topological polar surface area (TPSA) is 98.2 Å². The number of benzene rings is 3. The smallest absolute Gasteiger partial charge is 0.301 e. The van der Waals surface area contributed by atoms with E-state index >= 15 is 0 Å². The molecule has 10 heteroatoms. The van der Waals surface area contributed by atoms with E-state index in [0.29, 0.717) is 38.9 Å². The van der Waals surface area contributed by atoms with Crippen molar-refractivity contribution in [2.24, 2.45) is 0 Å². The van der Waals surface area contributed by atoms with Gasteiger partial charge >= 0.3 is 5.91 Å². The molecule has 37 heavy (non-hydrogen) atoms. The van der Waals surface area contributed by atoms with Gasteiger partial charge in [-0.2, -0.15) is 0 Å². The Morgan fingerprint density at radius 1 is 0.946 bits per heavy atom. The molecule has 188 valence electrons. The molecule has 0 radical (unpaired) electrons. The lowest BCUT2D eigenvalue weighted by atomic mass is 9.94. The molecule has 2 heterocycles. The highest BCUT2D eigenvalue weighted by atomic mass is 35.5. The lowest BCUT2D eigenvalue weighted by molar-refractivity contribution is -0.132. The maximum absolute atomic E-state index is 13.5. The summed E-state index contributed by atoms with van der Waals surface area (Å²) in [5.74, 6) is -0.478. The first-order valence-corrected chi connectivity index (χ1v) is 12.3. The number of rotatable bonds is 6. The minimum Gasteiger partial charge on any atom is -0.507 e. The molecule has 8 nitrogen and oxygen atoms in total. The molecule has 1 saturated heterocycles. The summed E-state index contributed by atoms with van der Waals surface area (Å²) in [6, 6.07) is 15.7. The molecule has 3 aromatic carbocycles. The highest BCUT2D eigenvalue weighted by molar-refractivity contribution is 7.22. The molecule has 1 N–H and O–H groups in total. The monoisotopic (exact) mass is 536 g/mol. The van der Waals surface area contributed by atoms with Crippen LogP contribution in [0.1, 0.15) is 17.2 Å². The normalized spacial score (nSPS) is 16.9. The maximum Gasteiger partial charge on any atom is 0.301 e. The van der Waals surface area contributed by atoms with Gasteiger partial charge in [0.15, 0.2) is 5.13 Å². The highest BCUT2D eigenvalue weighted by Crippen LogP contribution is 2.47. The summed E-state index contributed by atoms with van der Waals surface area (Å²) in [6.45, 7) is 0. The van der Waals surface area contributed by atoms with Gasteiger partial charge < -0.3 is 19.3 Å². The van der Waals surface area contributed by atoms with E-state index in [4.69, 9.17) is 25.8 Å². The average molecular weight is 537 g/mol. The van der Waals surface area contributed by atoms with E-state index in [-0.39, 0.29) is 16.5 Å². The van der Waals surface area contributed by atoms with E-state index in [1.807, 2.05) is 6.07 Å². The molecule has 0 bridgehead atoms. The van der Waals surface area contributed by atoms with Gasteiger partial charge in [-0.3, -0.25) is 14.5 Å². The summed E-state index contributed by atoms with van der Waals surface area (Å²) in [5.41, 5.74) is 1.32. The van der Waals surface area contributed by atoms with Gasteiger partial charge in [-0.1, -0.05) is 22.9 Å². The van der Waals surface area contributed by atoms with Crippen molar-refractivity contribution in [3.63, 3.8) is 0 Å². The van der Waals surface area contributed by atoms with Crippen LogP contribution in [0.15, 0.2) is 66.2 Å². The van der Waals surface area contributed by atoms with Crippen LogP contribution in [0.5, 0.6) is 17.2 Å². The third-order valence-electron chi connectivity index (χ3n) is 6.08. The molecule has 1 aliphatic heterocycles. The number of aliphatic hydroxyl groups excluding tert-OH is 1. The molecule has 4 aromatic rings. The Hall–Kier alpha value is -4.08. The number of ketones is 1. The standard InChI is InChI=1S/C27H21ClN2O6S/c1-34-16-9-11-20(36-3)18(12-16)23-22(24(31)14-4-6-15(28)7-5-14)25(32)26(33)30(23)27-29-19-10-8-17(35-2)13-21(19)37-27/h4-13,23,31H,1-3H3/b24-22+/t23-/m1/s1. The molecular weight excluding hydrogens is 516 g/mol. The lowest BCUT2D eigenvalue weighted by Crippen LogP contribution is -2.29. The fourth-order valence-corrected chi connectivity index (χ4v) is 5.41. The second-order valence-corrected chi connectivity index (χ2v) is 9.56. The number of nitrogens with zero attached hydrogens (tertiary/aromatic N) is 2. The predicted molar refractivity (Wildman–Crippen MR) is 142 cm³/mol. The number of anilines is 1. The average Bonchev–Trinajstić information content (AvgIpc) is 3.45. The third-order valence-corrected chi connectivity index (χ3v) is 7.35. The second-order valence-electron chi connectivity index (χ2n) is 8.11. The van der Waals surface area contributed by atoms with E-state index in [2.05, 4.69) is 4.98 Å². The SMILES string of the molecule is COc1ccc(OC)c([C@@H]2/C(=C(\O)c3ccc(Cl)cc3)C(=O)C(=O)N2c2nc3ccc(OC)cc3s2)c1. The molecule has 0 aliphatic carbocycles. The molecule has 1 aliphatic rings. The van der Waals surface area contributed by atoms with Crippen molar-refractivity contribution in [2.75, 3.05) is 26.2 Å². The fourth-order valence-electron chi connectivity index (χ4n) is 4.26. The summed E-state index contributed by atoms with van der Waals surface area (Å²) in [6.07, 6.45) is 0. The molecule has 0 spiro atoms. The minimum absolute atomic E-state index is 0.101. The molecule has 0 unspecified atom stereocenters. The van der Waals surface area contributed by atoms with E-state index in [0.717, 1.165) is 4.70 Å². The summed E-state index contributed by atoms with van der Waals surface area (Å²) in [5, 5.41) is 12.1. The number of aliphatic hydroxyl groups is 1. The van der Waals surface area contributed by atoms with Gasteiger partial charge in [0.1, 0.15) is 29.0 Å². The zero-order valence-electron chi connectivity index (χ0n) is 20.0. The quantitative estimate of drug-likeness (QED) is 0.194. The first kappa shape index (κ1) is 24.6. The van der Waals surface area contributed by atoms with Crippen molar-refractivity contribution in [3.05, 3.63) is 82.4 Å². The number of ether oxygens (including phenoxy) is 3. The largest absolute Gasteiger partial charge is 0.507 e. The van der Waals surface area contributed by atoms with E-state index in [1.165, 1.54) is 30.5 Å². The van der Waals surface area contributed by atoms with Crippen molar-refractivity contribution in [1.29, 1.82) is 0 Å². The molecular formula is C27H21ClN2O6S. The summed E-state index contributed by atoms with van der Waals surface area (Å²) in [7, 11) is 4.56. The zero-order chi connectivity index (χ0) is 26.3. The van der Waals surface area contributed by atoms with Gasteiger partial charge in [-0.05, 0) is 60.7 Å². The number of carbonyl (C=O) groups excluding carboxylic acids is 2. The van der Waals surface area contributed by atoms with E-state index < -0.39 is 17.7 Å². The van der Waals surface area contributed by atoms with Gasteiger partial charge in [0.25, 0.3) is 5.78 Å². The van der Waals surface area contributed by atoms with Crippen molar-refractivity contribution >= 4 is 55.7 Å². The highest BCUT2D eigenvalue weighted by Gasteiger charge is 2.49. The van der Waals surface area contributed by atoms with Crippen LogP contribution >= 0.6 is 22.9 Å². The molecule has 1 aromatic heterocycles.